The van der Waals surface area contributed by atoms with Gasteiger partial charge in [0.1, 0.15) is 0 Å². The predicted octanol–water partition coefficient (Wildman–Crippen LogP) is 3.89. The van der Waals surface area contributed by atoms with Gasteiger partial charge < -0.3 is 4.74 Å². The topological polar surface area (TPSA) is 44.1 Å². The lowest BCUT2D eigenvalue weighted by atomic mass is 9.95. The first-order valence-corrected chi connectivity index (χ1v) is 7.84. The van der Waals surface area contributed by atoms with Crippen LogP contribution in [0.25, 0.3) is 10.9 Å². The molecule has 0 spiro atoms. The monoisotopic (exact) mass is 286 g/mol. The summed E-state index contributed by atoms with van der Waals surface area (Å²) in [6.45, 7) is 2.13. The van der Waals surface area contributed by atoms with Crippen LogP contribution in [0.1, 0.15) is 61.1 Å². The van der Waals surface area contributed by atoms with Crippen LogP contribution >= 0.6 is 0 Å². The molecule has 4 nitrogen and oxygen atoms in total. The van der Waals surface area contributed by atoms with E-state index >= 15 is 0 Å². The van der Waals surface area contributed by atoms with Crippen LogP contribution in [0.5, 0.6) is 0 Å². The zero-order valence-corrected chi connectivity index (χ0v) is 12.8. The number of hydrogen-bond donors (Lipinski definition) is 0. The maximum Gasteiger partial charge on any atom is 0.337 e. The predicted molar refractivity (Wildman–Crippen MR) is 82.6 cm³/mol. The summed E-state index contributed by atoms with van der Waals surface area (Å²) in [4.78, 5) is 11.8. The van der Waals surface area contributed by atoms with Gasteiger partial charge in [0.2, 0.25) is 0 Å². The third-order valence-electron chi connectivity index (χ3n) is 4.46. The number of benzene rings is 1. The van der Waals surface area contributed by atoms with E-state index in [1.165, 1.54) is 39.2 Å². The summed E-state index contributed by atoms with van der Waals surface area (Å²) in [6.07, 6.45) is 7.14. The lowest BCUT2D eigenvalue weighted by Gasteiger charge is -2.22. The van der Waals surface area contributed by atoms with Crippen LogP contribution in [-0.2, 0) is 11.2 Å². The van der Waals surface area contributed by atoms with E-state index < -0.39 is 0 Å². The van der Waals surface area contributed by atoms with Crippen molar-refractivity contribution < 1.29 is 9.53 Å². The lowest BCUT2D eigenvalue weighted by molar-refractivity contribution is 0.0601. The Morgan fingerprint density at radius 2 is 2.10 bits per heavy atom. The highest BCUT2D eigenvalue weighted by Gasteiger charge is 2.21. The van der Waals surface area contributed by atoms with E-state index in [9.17, 15) is 4.79 Å². The third kappa shape index (κ3) is 2.55. The van der Waals surface area contributed by atoms with Crippen LogP contribution in [-0.4, -0.2) is 22.9 Å². The number of nitrogens with zero attached hydrogens (tertiary/aromatic N) is 2. The third-order valence-corrected chi connectivity index (χ3v) is 4.46. The Bertz CT molecular complexity index is 654. The van der Waals surface area contributed by atoms with Crippen LogP contribution in [0, 0.1) is 0 Å². The van der Waals surface area contributed by atoms with Gasteiger partial charge in [-0.2, -0.15) is 5.10 Å². The summed E-state index contributed by atoms with van der Waals surface area (Å²) in [5.74, 6) is -0.286. The van der Waals surface area contributed by atoms with E-state index in [0.717, 1.165) is 23.0 Å². The van der Waals surface area contributed by atoms with E-state index in [4.69, 9.17) is 9.84 Å². The normalized spacial score (nSPS) is 16.3. The molecular weight excluding hydrogens is 264 g/mol. The quantitative estimate of drug-likeness (QED) is 0.804. The molecule has 0 amide bonds. The molecule has 2 aromatic rings. The number of carbonyl (C=O) groups excluding carboxylic acids is 1. The summed E-state index contributed by atoms with van der Waals surface area (Å²) in [6, 6.07) is 6.24. The standard InChI is InChI=1S/C17H22N2O2/c1-3-15-14-10-9-12(17(20)21-2)11-16(14)19(18-15)13-7-5-4-6-8-13/h9-11,13H,3-8H2,1-2H3. The average Bonchev–Trinajstić information content (AvgIpc) is 2.92. The second-order valence-corrected chi connectivity index (χ2v) is 5.76. The van der Waals surface area contributed by atoms with Crippen LogP contribution in [0.3, 0.4) is 0 Å². The van der Waals surface area contributed by atoms with Crippen LogP contribution in [0.4, 0.5) is 0 Å². The number of esters is 1. The highest BCUT2D eigenvalue weighted by Crippen LogP contribution is 2.32. The van der Waals surface area contributed by atoms with Gasteiger partial charge in [0, 0.05) is 5.39 Å². The highest BCUT2D eigenvalue weighted by atomic mass is 16.5. The summed E-state index contributed by atoms with van der Waals surface area (Å²) in [5, 5.41) is 5.99. The highest BCUT2D eigenvalue weighted by molar-refractivity contribution is 5.95. The van der Waals surface area contributed by atoms with E-state index in [-0.39, 0.29) is 5.97 Å². The van der Waals surface area contributed by atoms with Gasteiger partial charge in [0.15, 0.2) is 0 Å². The molecule has 0 unspecified atom stereocenters. The molecule has 0 N–H and O–H groups in total. The van der Waals surface area contributed by atoms with Crippen molar-refractivity contribution in [3.05, 3.63) is 29.5 Å². The van der Waals surface area contributed by atoms with Gasteiger partial charge in [-0.05, 0) is 31.4 Å². The average molecular weight is 286 g/mol. The minimum Gasteiger partial charge on any atom is -0.465 e. The van der Waals surface area contributed by atoms with Crippen molar-refractivity contribution in [3.8, 4) is 0 Å². The van der Waals surface area contributed by atoms with Crippen LogP contribution in [0.15, 0.2) is 18.2 Å². The molecule has 0 saturated heterocycles. The molecule has 1 aromatic carbocycles. The molecule has 21 heavy (non-hydrogen) atoms. The molecule has 1 heterocycles. The van der Waals surface area contributed by atoms with Crippen molar-refractivity contribution >= 4 is 16.9 Å². The number of methoxy groups -OCH3 is 1. The first-order chi connectivity index (χ1) is 10.2. The maximum atomic E-state index is 11.8. The van der Waals surface area contributed by atoms with Gasteiger partial charge in [0.05, 0.1) is 29.9 Å². The van der Waals surface area contributed by atoms with Crippen molar-refractivity contribution in [2.45, 2.75) is 51.5 Å². The lowest BCUT2D eigenvalue weighted by Crippen LogP contribution is -2.14. The number of ether oxygens (including phenoxy) is 1. The first-order valence-electron chi connectivity index (χ1n) is 7.84. The number of aryl methyl sites for hydroxylation is 1. The second-order valence-electron chi connectivity index (χ2n) is 5.76. The molecule has 1 aliphatic carbocycles. The van der Waals surface area contributed by atoms with E-state index in [0.29, 0.717) is 11.6 Å². The minimum absolute atomic E-state index is 0.286. The fourth-order valence-corrected chi connectivity index (χ4v) is 3.31. The van der Waals surface area contributed by atoms with Gasteiger partial charge in [-0.15, -0.1) is 0 Å². The van der Waals surface area contributed by atoms with Crippen molar-refractivity contribution in [3.63, 3.8) is 0 Å². The summed E-state index contributed by atoms with van der Waals surface area (Å²) in [5.41, 5.74) is 2.79. The van der Waals surface area contributed by atoms with E-state index in [1.54, 1.807) is 0 Å². The molecule has 1 aliphatic rings. The van der Waals surface area contributed by atoms with E-state index in [1.807, 2.05) is 18.2 Å². The van der Waals surface area contributed by atoms with Crippen molar-refractivity contribution in [2.24, 2.45) is 0 Å². The van der Waals surface area contributed by atoms with Crippen LogP contribution in [0.2, 0.25) is 0 Å². The van der Waals surface area contributed by atoms with E-state index in [2.05, 4.69) is 11.6 Å². The summed E-state index contributed by atoms with van der Waals surface area (Å²) < 4.78 is 6.99. The molecule has 1 aromatic heterocycles. The zero-order valence-electron chi connectivity index (χ0n) is 12.8. The Balaban J connectivity index is 2.10. The number of aromatic nitrogens is 2. The molecule has 112 valence electrons. The van der Waals surface area contributed by atoms with Gasteiger partial charge in [-0.3, -0.25) is 4.68 Å². The smallest absolute Gasteiger partial charge is 0.337 e. The molecule has 0 radical (unpaired) electrons. The largest absolute Gasteiger partial charge is 0.465 e. The second kappa shape index (κ2) is 5.88. The first kappa shape index (κ1) is 14.1. The minimum atomic E-state index is -0.286. The van der Waals surface area contributed by atoms with Gasteiger partial charge in [-0.1, -0.05) is 32.3 Å². The van der Waals surface area contributed by atoms with Crippen molar-refractivity contribution in [2.75, 3.05) is 7.11 Å². The Labute approximate surface area is 125 Å². The molecule has 3 rings (SSSR count). The molecule has 0 bridgehead atoms. The number of fused-ring (bicyclic) bond motifs is 1. The Morgan fingerprint density at radius 1 is 1.33 bits per heavy atom. The maximum absolute atomic E-state index is 11.8. The van der Waals surface area contributed by atoms with Gasteiger partial charge >= 0.3 is 5.97 Å². The number of rotatable bonds is 3. The Morgan fingerprint density at radius 3 is 2.76 bits per heavy atom. The van der Waals surface area contributed by atoms with Crippen LogP contribution < -0.4 is 0 Å². The molecule has 0 aliphatic heterocycles. The SMILES string of the molecule is CCc1nn(C2CCCCC2)c2cc(C(=O)OC)ccc12. The number of hydrogen-bond acceptors (Lipinski definition) is 3. The van der Waals surface area contributed by atoms with Gasteiger partial charge in [0.25, 0.3) is 0 Å². The molecular formula is C17H22N2O2. The fraction of sp³-hybridized carbons (Fsp3) is 0.529. The Kier molecular flexibility index (Phi) is 3.95. The summed E-state index contributed by atoms with van der Waals surface area (Å²) in [7, 11) is 1.42. The molecule has 1 fully saturated rings. The zero-order chi connectivity index (χ0) is 14.8. The fourth-order valence-electron chi connectivity index (χ4n) is 3.31. The van der Waals surface area contributed by atoms with Crippen molar-refractivity contribution in [1.29, 1.82) is 0 Å². The number of carbonyl (C=O) groups is 1. The Hall–Kier alpha value is -1.84. The molecule has 4 heteroatoms. The molecule has 0 atom stereocenters. The van der Waals surface area contributed by atoms with Gasteiger partial charge in [-0.25, -0.2) is 4.79 Å². The van der Waals surface area contributed by atoms with Crippen molar-refractivity contribution in [1.82, 2.24) is 9.78 Å². The summed E-state index contributed by atoms with van der Waals surface area (Å²) >= 11 is 0. The molecule has 1 saturated carbocycles.